The zero-order valence-electron chi connectivity index (χ0n) is 7.30. The number of hydrogen-bond acceptors (Lipinski definition) is 3. The number of nitrogens with zero attached hydrogens (tertiary/aromatic N) is 1. The molecule has 13 heavy (non-hydrogen) atoms. The van der Waals surface area contributed by atoms with Crippen LogP contribution in [-0.2, 0) is 0 Å². The van der Waals surface area contributed by atoms with Crippen LogP contribution in [-0.4, -0.2) is 12.0 Å². The number of benzene rings is 1. The summed E-state index contributed by atoms with van der Waals surface area (Å²) >= 11 is 5.69. The molecule has 0 spiro atoms. The second-order valence-electron chi connectivity index (χ2n) is 2.62. The van der Waals surface area contributed by atoms with E-state index in [0.29, 0.717) is 10.7 Å². The average Bonchev–Trinajstić information content (AvgIpc) is 2.02. The van der Waals surface area contributed by atoms with Gasteiger partial charge in [-0.3, -0.25) is 10.1 Å². The van der Waals surface area contributed by atoms with Gasteiger partial charge in [0.05, 0.1) is 4.92 Å². The molecule has 0 fully saturated rings. The van der Waals surface area contributed by atoms with Crippen molar-refractivity contribution >= 4 is 23.0 Å². The largest absolute Gasteiger partial charge is 0.382 e. The van der Waals surface area contributed by atoms with Crippen molar-refractivity contribution in [2.24, 2.45) is 0 Å². The lowest BCUT2D eigenvalue weighted by molar-refractivity contribution is -0.384. The Morgan fingerprint density at radius 3 is 2.62 bits per heavy atom. The molecule has 0 aliphatic heterocycles. The predicted molar refractivity (Wildman–Crippen MR) is 52.4 cm³/mol. The minimum Gasteiger partial charge on any atom is -0.382 e. The van der Waals surface area contributed by atoms with Crippen LogP contribution in [0.1, 0.15) is 5.56 Å². The number of hydrogen-bond donors (Lipinski definition) is 1. The third-order valence-electron chi connectivity index (χ3n) is 1.73. The molecule has 0 saturated heterocycles. The summed E-state index contributed by atoms with van der Waals surface area (Å²) in [6, 6.07) is 3.01. The summed E-state index contributed by atoms with van der Waals surface area (Å²) in [6.07, 6.45) is 0. The zero-order chi connectivity index (χ0) is 10.0. The quantitative estimate of drug-likeness (QED) is 0.590. The molecule has 0 radical (unpaired) electrons. The van der Waals surface area contributed by atoms with E-state index in [2.05, 4.69) is 5.32 Å². The van der Waals surface area contributed by atoms with Gasteiger partial charge in [0.25, 0.3) is 5.69 Å². The van der Waals surface area contributed by atoms with E-state index in [1.165, 1.54) is 6.07 Å². The molecule has 0 heterocycles. The fourth-order valence-electron chi connectivity index (χ4n) is 1.19. The highest BCUT2D eigenvalue weighted by atomic mass is 35.5. The molecule has 1 aromatic rings. The number of halogens is 1. The Bertz CT molecular complexity index is 352. The molecular weight excluding hydrogens is 192 g/mol. The van der Waals surface area contributed by atoms with Crippen LogP contribution in [0.25, 0.3) is 0 Å². The normalized spacial score (nSPS) is 9.77. The van der Waals surface area contributed by atoms with Crippen molar-refractivity contribution < 1.29 is 4.92 Å². The highest BCUT2D eigenvalue weighted by Crippen LogP contribution is 2.30. The summed E-state index contributed by atoms with van der Waals surface area (Å²) in [4.78, 5) is 10.1. The molecule has 0 bridgehead atoms. The molecule has 70 valence electrons. The van der Waals surface area contributed by atoms with Crippen LogP contribution in [0, 0.1) is 17.0 Å². The maximum atomic E-state index is 10.6. The fourth-order valence-corrected chi connectivity index (χ4v) is 1.46. The number of nitro groups is 1. The lowest BCUT2D eigenvalue weighted by Gasteiger charge is -2.05. The van der Waals surface area contributed by atoms with Gasteiger partial charge in [-0.25, -0.2) is 0 Å². The van der Waals surface area contributed by atoms with Gasteiger partial charge in [0, 0.05) is 18.1 Å². The minimum absolute atomic E-state index is 0.00694. The van der Waals surface area contributed by atoms with E-state index in [4.69, 9.17) is 11.6 Å². The third-order valence-corrected chi connectivity index (χ3v) is 1.94. The monoisotopic (exact) mass is 200 g/mol. The van der Waals surface area contributed by atoms with Gasteiger partial charge in [-0.15, -0.1) is 0 Å². The maximum Gasteiger partial charge on any atom is 0.294 e. The summed E-state index contributed by atoms with van der Waals surface area (Å²) in [5, 5.41) is 13.7. The molecule has 1 N–H and O–H groups in total. The van der Waals surface area contributed by atoms with Crippen molar-refractivity contribution in [2.75, 3.05) is 12.4 Å². The van der Waals surface area contributed by atoms with Crippen molar-refractivity contribution in [1.29, 1.82) is 0 Å². The van der Waals surface area contributed by atoms with Crippen molar-refractivity contribution in [2.45, 2.75) is 6.92 Å². The first-order valence-corrected chi connectivity index (χ1v) is 4.06. The van der Waals surface area contributed by atoms with Crippen LogP contribution in [0.15, 0.2) is 12.1 Å². The summed E-state index contributed by atoms with van der Waals surface area (Å²) in [5.41, 5.74) is 1.28. The van der Waals surface area contributed by atoms with Crippen molar-refractivity contribution in [1.82, 2.24) is 0 Å². The van der Waals surface area contributed by atoms with Crippen molar-refractivity contribution in [3.63, 3.8) is 0 Å². The Hall–Kier alpha value is -1.29. The lowest BCUT2D eigenvalue weighted by Crippen LogP contribution is -1.98. The molecule has 0 unspecified atom stereocenters. The Kier molecular flexibility index (Phi) is 2.72. The maximum absolute atomic E-state index is 10.6. The van der Waals surface area contributed by atoms with E-state index < -0.39 is 4.92 Å². The second-order valence-corrected chi connectivity index (χ2v) is 3.06. The minimum atomic E-state index is -0.454. The van der Waals surface area contributed by atoms with E-state index in [-0.39, 0.29) is 5.69 Å². The van der Waals surface area contributed by atoms with Gasteiger partial charge in [-0.05, 0) is 18.6 Å². The van der Waals surface area contributed by atoms with Crippen LogP contribution in [0.3, 0.4) is 0 Å². The molecule has 0 atom stereocenters. The molecule has 0 saturated carbocycles. The van der Waals surface area contributed by atoms with Gasteiger partial charge in [-0.2, -0.15) is 0 Å². The standard InChI is InChI=1S/C8H9ClN2O2/c1-5-3-6(9)4-7(11(12)13)8(5)10-2/h3-4,10H,1-2H3. The van der Waals surface area contributed by atoms with Crippen molar-refractivity contribution in [3.05, 3.63) is 32.8 Å². The van der Waals surface area contributed by atoms with Crippen molar-refractivity contribution in [3.8, 4) is 0 Å². The van der Waals surface area contributed by atoms with Crippen LogP contribution >= 0.6 is 11.6 Å². The molecule has 0 aromatic heterocycles. The Balaban J connectivity index is 3.38. The van der Waals surface area contributed by atoms with Gasteiger partial charge in [0.2, 0.25) is 0 Å². The Labute approximate surface area is 80.7 Å². The van der Waals surface area contributed by atoms with Gasteiger partial charge >= 0.3 is 0 Å². The Morgan fingerprint density at radius 2 is 2.15 bits per heavy atom. The van der Waals surface area contributed by atoms with E-state index in [9.17, 15) is 10.1 Å². The molecule has 0 amide bonds. The number of aryl methyl sites for hydroxylation is 1. The third kappa shape index (κ3) is 1.89. The number of rotatable bonds is 2. The van der Waals surface area contributed by atoms with Crippen LogP contribution < -0.4 is 5.32 Å². The molecule has 5 heteroatoms. The molecule has 1 rings (SSSR count). The van der Waals surface area contributed by atoms with E-state index in [1.54, 1.807) is 20.0 Å². The number of nitro benzene ring substituents is 1. The highest BCUT2D eigenvalue weighted by molar-refractivity contribution is 6.31. The summed E-state index contributed by atoms with van der Waals surface area (Å²) in [6.45, 7) is 1.77. The smallest absolute Gasteiger partial charge is 0.294 e. The fraction of sp³-hybridized carbons (Fsp3) is 0.250. The Morgan fingerprint density at radius 1 is 1.54 bits per heavy atom. The number of nitrogens with one attached hydrogen (secondary N) is 1. The first-order valence-electron chi connectivity index (χ1n) is 3.68. The molecule has 0 aliphatic carbocycles. The van der Waals surface area contributed by atoms with Gasteiger partial charge in [0.15, 0.2) is 0 Å². The van der Waals surface area contributed by atoms with E-state index in [1.807, 2.05) is 0 Å². The molecule has 1 aromatic carbocycles. The first kappa shape index (κ1) is 9.80. The summed E-state index contributed by atoms with van der Waals surface area (Å²) in [5.74, 6) is 0. The first-order chi connectivity index (χ1) is 6.06. The van der Waals surface area contributed by atoms with E-state index >= 15 is 0 Å². The second kappa shape index (κ2) is 3.62. The topological polar surface area (TPSA) is 55.2 Å². The van der Waals surface area contributed by atoms with E-state index in [0.717, 1.165) is 5.56 Å². The number of anilines is 1. The summed E-state index contributed by atoms with van der Waals surface area (Å²) < 4.78 is 0. The lowest BCUT2D eigenvalue weighted by atomic mass is 10.1. The van der Waals surface area contributed by atoms with Gasteiger partial charge in [0.1, 0.15) is 5.69 Å². The average molecular weight is 201 g/mol. The molecular formula is C8H9ClN2O2. The molecule has 0 aliphatic rings. The zero-order valence-corrected chi connectivity index (χ0v) is 8.05. The molecule has 4 nitrogen and oxygen atoms in total. The van der Waals surface area contributed by atoms with Crippen LogP contribution in [0.5, 0.6) is 0 Å². The summed E-state index contributed by atoms with van der Waals surface area (Å²) in [7, 11) is 1.64. The van der Waals surface area contributed by atoms with Crippen LogP contribution in [0.4, 0.5) is 11.4 Å². The van der Waals surface area contributed by atoms with Gasteiger partial charge < -0.3 is 5.32 Å². The predicted octanol–water partition coefficient (Wildman–Crippen LogP) is 2.60. The SMILES string of the molecule is CNc1c(C)cc(Cl)cc1[N+](=O)[O-]. The highest BCUT2D eigenvalue weighted by Gasteiger charge is 2.15. The van der Waals surface area contributed by atoms with Gasteiger partial charge in [-0.1, -0.05) is 11.6 Å². The van der Waals surface area contributed by atoms with Crippen LogP contribution in [0.2, 0.25) is 5.02 Å².